The Bertz CT molecular complexity index is 1570. The summed E-state index contributed by atoms with van der Waals surface area (Å²) in [6.45, 7) is 0.840. The molecule has 4 aromatic rings. The normalized spacial score (nSPS) is 16.7. The summed E-state index contributed by atoms with van der Waals surface area (Å²) in [5.41, 5.74) is 0.0323. The highest BCUT2D eigenvalue weighted by molar-refractivity contribution is 7.91. The van der Waals surface area contributed by atoms with E-state index in [-0.39, 0.29) is 39.0 Å². The van der Waals surface area contributed by atoms with E-state index in [1.807, 2.05) is 0 Å². The Morgan fingerprint density at radius 1 is 1.19 bits per heavy atom. The molecule has 164 valence electrons. The highest BCUT2D eigenvalue weighted by atomic mass is 35.5. The first-order chi connectivity index (χ1) is 15.4. The summed E-state index contributed by atoms with van der Waals surface area (Å²) in [6.07, 6.45) is 3.07. The molecule has 0 unspecified atom stereocenters. The molecule has 1 aromatic carbocycles. The van der Waals surface area contributed by atoms with Gasteiger partial charge in [0.25, 0.3) is 5.56 Å². The summed E-state index contributed by atoms with van der Waals surface area (Å²) in [4.78, 5) is 17.6. The first-order valence-corrected chi connectivity index (χ1v) is 11.9. The third-order valence-electron chi connectivity index (χ3n) is 5.61. The molecular weight excluding hydrogens is 452 g/mol. The number of sulfone groups is 1. The Kier molecular flexibility index (Phi) is 5.11. The fraction of sp³-hybridized carbons (Fsp3) is 0.227. The molecule has 0 amide bonds. The van der Waals surface area contributed by atoms with Gasteiger partial charge in [-0.3, -0.25) is 14.6 Å². The fourth-order valence-electron chi connectivity index (χ4n) is 3.98. The van der Waals surface area contributed by atoms with Crippen molar-refractivity contribution >= 4 is 38.1 Å². The van der Waals surface area contributed by atoms with Crippen molar-refractivity contribution in [3.8, 4) is 0 Å². The van der Waals surface area contributed by atoms with E-state index in [1.54, 1.807) is 24.4 Å². The lowest BCUT2D eigenvalue weighted by atomic mass is 10.2. The Balaban J connectivity index is 1.84. The van der Waals surface area contributed by atoms with E-state index < -0.39 is 15.4 Å². The zero-order valence-corrected chi connectivity index (χ0v) is 18.4. The first kappa shape index (κ1) is 20.9. The number of pyridine rings is 2. The Morgan fingerprint density at radius 2 is 1.97 bits per heavy atom. The lowest BCUT2D eigenvalue weighted by molar-refractivity contribution is 0.0965. The second-order valence-electron chi connectivity index (χ2n) is 7.64. The number of fused-ring (bicyclic) bond motifs is 2. The van der Waals surface area contributed by atoms with E-state index in [4.69, 9.17) is 21.7 Å². The van der Waals surface area contributed by atoms with Crippen LogP contribution in [0.2, 0.25) is 5.02 Å². The van der Waals surface area contributed by atoms with Crippen molar-refractivity contribution < 1.29 is 13.2 Å². The molecule has 32 heavy (non-hydrogen) atoms. The Hall–Kier alpha value is -3.01. The van der Waals surface area contributed by atoms with Gasteiger partial charge in [-0.05, 0) is 55.3 Å². The molecule has 0 saturated carbocycles. The van der Waals surface area contributed by atoms with Gasteiger partial charge < -0.3 is 9.30 Å². The second kappa shape index (κ2) is 7.84. The van der Waals surface area contributed by atoms with Crippen molar-refractivity contribution in [3.63, 3.8) is 0 Å². The number of hydrogen-bond donors (Lipinski definition) is 1. The molecule has 1 N–H and O–H groups in total. The quantitative estimate of drug-likeness (QED) is 0.461. The van der Waals surface area contributed by atoms with Gasteiger partial charge in [-0.2, -0.15) is 0 Å². The monoisotopic (exact) mass is 470 g/mol. The number of ether oxygens (including phenoxy) is 1. The van der Waals surface area contributed by atoms with Crippen LogP contribution >= 0.6 is 11.6 Å². The average Bonchev–Trinajstić information content (AvgIpc) is 3.29. The molecular formula is C22H19ClN4O4S. The minimum Gasteiger partial charge on any atom is -0.376 e. The van der Waals surface area contributed by atoms with Crippen LogP contribution in [0.5, 0.6) is 0 Å². The zero-order valence-electron chi connectivity index (χ0n) is 16.9. The number of halogens is 1. The largest absolute Gasteiger partial charge is 0.376 e. The number of rotatable bonds is 4. The number of nitrogens with one attached hydrogen (secondary N) is 1. The summed E-state index contributed by atoms with van der Waals surface area (Å²) < 4.78 is 35.4. The zero-order chi connectivity index (χ0) is 22.5. The molecule has 1 saturated heterocycles. The SMILES string of the molecule is N=c1c(S(=O)(=O)c2ccc(Cl)cc2)cc2c(=O)n3ccccc3nc2n1C[C@H]1CCCO1. The van der Waals surface area contributed by atoms with E-state index in [9.17, 15) is 13.2 Å². The molecule has 1 atom stereocenters. The Morgan fingerprint density at radius 3 is 2.69 bits per heavy atom. The van der Waals surface area contributed by atoms with Gasteiger partial charge in [0.2, 0.25) is 9.84 Å². The Labute approximate surface area is 188 Å². The maximum atomic E-state index is 13.4. The van der Waals surface area contributed by atoms with E-state index in [2.05, 4.69) is 4.98 Å². The molecule has 0 bridgehead atoms. The van der Waals surface area contributed by atoms with Crippen molar-refractivity contribution in [2.45, 2.75) is 35.3 Å². The highest BCUT2D eigenvalue weighted by Gasteiger charge is 2.26. The summed E-state index contributed by atoms with van der Waals surface area (Å²) >= 11 is 5.91. The summed E-state index contributed by atoms with van der Waals surface area (Å²) in [7, 11) is -4.09. The minimum atomic E-state index is -4.09. The fourth-order valence-corrected chi connectivity index (χ4v) is 5.49. The molecule has 0 spiro atoms. The van der Waals surface area contributed by atoms with Crippen molar-refractivity contribution in [2.24, 2.45) is 0 Å². The number of aromatic nitrogens is 3. The van der Waals surface area contributed by atoms with Crippen LogP contribution in [0.3, 0.4) is 0 Å². The molecule has 0 aliphatic carbocycles. The van der Waals surface area contributed by atoms with Gasteiger partial charge >= 0.3 is 0 Å². The topological polar surface area (TPSA) is 107 Å². The molecule has 5 rings (SSSR count). The van der Waals surface area contributed by atoms with Gasteiger partial charge in [-0.15, -0.1) is 0 Å². The molecule has 8 nitrogen and oxygen atoms in total. The maximum absolute atomic E-state index is 13.4. The van der Waals surface area contributed by atoms with Gasteiger partial charge in [0.15, 0.2) is 0 Å². The van der Waals surface area contributed by atoms with Crippen molar-refractivity contribution in [1.29, 1.82) is 5.41 Å². The number of benzene rings is 1. The minimum absolute atomic E-state index is 0.00716. The molecule has 1 aliphatic rings. The standard InChI is InChI=1S/C22H19ClN4O4S/c23-14-6-8-16(9-7-14)32(29,30)18-12-17-21(25-19-5-1-2-10-26(19)22(17)28)27(20(18)24)13-15-4-3-11-31-15/h1-2,5-10,12,15,24H,3-4,11,13H2/t15-/m1/s1. The molecule has 4 heterocycles. The van der Waals surface area contributed by atoms with Crippen LogP contribution in [-0.2, 0) is 21.1 Å². The highest BCUT2D eigenvalue weighted by Crippen LogP contribution is 2.23. The van der Waals surface area contributed by atoms with Crippen LogP contribution in [0.15, 0.2) is 69.3 Å². The van der Waals surface area contributed by atoms with Crippen LogP contribution in [0.1, 0.15) is 12.8 Å². The summed E-state index contributed by atoms with van der Waals surface area (Å²) in [5.74, 6) is 0. The van der Waals surface area contributed by atoms with Crippen LogP contribution in [0.25, 0.3) is 16.7 Å². The summed E-state index contributed by atoms with van der Waals surface area (Å²) in [5, 5.41) is 9.29. The van der Waals surface area contributed by atoms with Crippen molar-refractivity contribution in [1.82, 2.24) is 14.0 Å². The third kappa shape index (κ3) is 3.42. The van der Waals surface area contributed by atoms with Gasteiger partial charge in [0, 0.05) is 17.8 Å². The smallest absolute Gasteiger partial charge is 0.267 e. The van der Waals surface area contributed by atoms with Gasteiger partial charge in [-0.25, -0.2) is 13.4 Å². The first-order valence-electron chi connectivity index (χ1n) is 10.1. The van der Waals surface area contributed by atoms with Gasteiger partial charge in [-0.1, -0.05) is 17.7 Å². The van der Waals surface area contributed by atoms with Crippen molar-refractivity contribution in [3.05, 3.63) is 75.6 Å². The molecule has 0 radical (unpaired) electrons. The van der Waals surface area contributed by atoms with Crippen LogP contribution < -0.4 is 11.0 Å². The van der Waals surface area contributed by atoms with E-state index in [0.717, 1.165) is 12.8 Å². The third-order valence-corrected chi connectivity index (χ3v) is 7.64. The summed E-state index contributed by atoms with van der Waals surface area (Å²) in [6, 6.07) is 12.1. The predicted octanol–water partition coefficient (Wildman–Crippen LogP) is 2.79. The van der Waals surface area contributed by atoms with Crippen LogP contribution in [0, 0.1) is 5.41 Å². The van der Waals surface area contributed by atoms with E-state index in [0.29, 0.717) is 17.3 Å². The van der Waals surface area contributed by atoms with Crippen LogP contribution in [-0.4, -0.2) is 35.1 Å². The molecule has 10 heteroatoms. The van der Waals surface area contributed by atoms with E-state index in [1.165, 1.54) is 39.3 Å². The lowest BCUT2D eigenvalue weighted by Gasteiger charge is -2.17. The molecule has 3 aromatic heterocycles. The van der Waals surface area contributed by atoms with Gasteiger partial charge in [0.05, 0.1) is 22.9 Å². The van der Waals surface area contributed by atoms with Crippen LogP contribution in [0.4, 0.5) is 0 Å². The molecule has 1 aliphatic heterocycles. The number of nitrogens with zero attached hydrogens (tertiary/aromatic N) is 3. The predicted molar refractivity (Wildman–Crippen MR) is 119 cm³/mol. The van der Waals surface area contributed by atoms with Crippen molar-refractivity contribution in [2.75, 3.05) is 6.61 Å². The van der Waals surface area contributed by atoms with E-state index >= 15 is 0 Å². The van der Waals surface area contributed by atoms with Gasteiger partial charge in [0.1, 0.15) is 21.7 Å². The second-order valence-corrected chi connectivity index (χ2v) is 10.00. The average molecular weight is 471 g/mol. The molecule has 1 fully saturated rings. The lowest BCUT2D eigenvalue weighted by Crippen LogP contribution is -2.33. The number of hydrogen-bond acceptors (Lipinski definition) is 6. The maximum Gasteiger partial charge on any atom is 0.267 e.